The molecule has 0 aliphatic carbocycles. The normalized spacial score (nSPS) is 22.0. The molecule has 10 heteroatoms. The van der Waals surface area contributed by atoms with Crippen LogP contribution in [0.4, 0.5) is 0 Å². The van der Waals surface area contributed by atoms with E-state index in [-0.39, 0.29) is 18.8 Å². The monoisotopic (exact) mass is 358 g/mol. The van der Waals surface area contributed by atoms with Gasteiger partial charge in [-0.3, -0.25) is 0 Å². The fourth-order valence-corrected chi connectivity index (χ4v) is 4.00. The lowest BCUT2D eigenvalue weighted by atomic mass is 10.2. The van der Waals surface area contributed by atoms with Crippen molar-refractivity contribution in [1.29, 1.82) is 0 Å². The van der Waals surface area contributed by atoms with Gasteiger partial charge in [0.25, 0.3) is 5.89 Å². The Balaban J connectivity index is 1.64. The average Bonchev–Trinajstić information content (AvgIpc) is 3.18. The summed E-state index contributed by atoms with van der Waals surface area (Å²) < 4.78 is 36.4. The first-order chi connectivity index (χ1) is 10.9. The van der Waals surface area contributed by atoms with E-state index in [0.29, 0.717) is 18.3 Å². The number of sulfonamides is 1. The maximum absolute atomic E-state index is 12.0. The molecule has 0 bridgehead atoms. The quantitative estimate of drug-likeness (QED) is 0.772. The molecule has 1 saturated heterocycles. The predicted molar refractivity (Wildman–Crippen MR) is 83.3 cm³/mol. The Morgan fingerprint density at radius 3 is 2.87 bits per heavy atom. The molecule has 126 valence electrons. The van der Waals surface area contributed by atoms with E-state index in [2.05, 4.69) is 15.1 Å². The molecule has 0 radical (unpaired) electrons. The van der Waals surface area contributed by atoms with Gasteiger partial charge in [-0.15, -0.1) is 11.3 Å². The Kier molecular flexibility index (Phi) is 4.76. The summed E-state index contributed by atoms with van der Waals surface area (Å²) >= 11 is 1.43. The number of hydrogen-bond acceptors (Lipinski definition) is 8. The molecule has 23 heavy (non-hydrogen) atoms. The molecule has 0 saturated carbocycles. The van der Waals surface area contributed by atoms with Gasteiger partial charge in [-0.05, 0) is 19.8 Å². The van der Waals surface area contributed by atoms with Crippen LogP contribution in [0.5, 0.6) is 0 Å². The Labute approximate surface area is 138 Å². The van der Waals surface area contributed by atoms with Gasteiger partial charge in [0.1, 0.15) is 11.1 Å². The molecule has 0 unspecified atom stereocenters. The second-order valence-electron chi connectivity index (χ2n) is 5.49. The number of ether oxygens (including phenoxy) is 1. The van der Waals surface area contributed by atoms with E-state index >= 15 is 0 Å². The number of hydrogen-bond donors (Lipinski definition) is 0. The molecule has 0 spiro atoms. The highest BCUT2D eigenvalue weighted by Gasteiger charge is 2.33. The van der Waals surface area contributed by atoms with E-state index in [1.54, 1.807) is 13.1 Å². The lowest BCUT2D eigenvalue weighted by Crippen LogP contribution is -2.36. The predicted octanol–water partition coefficient (Wildman–Crippen LogP) is 1.52. The van der Waals surface area contributed by atoms with E-state index in [0.717, 1.165) is 17.8 Å². The fourth-order valence-electron chi connectivity index (χ4n) is 2.49. The maximum atomic E-state index is 12.0. The van der Waals surface area contributed by atoms with Crippen LogP contribution in [-0.2, 0) is 21.3 Å². The number of nitrogens with zero attached hydrogens (tertiary/aromatic N) is 4. The molecule has 8 nitrogen and oxygen atoms in total. The van der Waals surface area contributed by atoms with Crippen LogP contribution >= 0.6 is 11.3 Å². The number of aromatic nitrogens is 3. The first-order valence-corrected chi connectivity index (χ1v) is 9.94. The fraction of sp³-hybridized carbons (Fsp3) is 0.615. The van der Waals surface area contributed by atoms with Gasteiger partial charge in [0.15, 0.2) is 5.82 Å². The van der Waals surface area contributed by atoms with E-state index in [1.807, 2.05) is 5.38 Å². The average molecular weight is 358 g/mol. The zero-order chi connectivity index (χ0) is 16.4. The van der Waals surface area contributed by atoms with E-state index in [1.165, 1.54) is 21.9 Å². The summed E-state index contributed by atoms with van der Waals surface area (Å²) in [6, 6.07) is 0. The van der Waals surface area contributed by atoms with Gasteiger partial charge in [0.2, 0.25) is 10.0 Å². The molecule has 2 atom stereocenters. The van der Waals surface area contributed by atoms with Crippen molar-refractivity contribution in [3.8, 4) is 0 Å². The molecule has 3 heterocycles. The summed E-state index contributed by atoms with van der Waals surface area (Å²) in [6.45, 7) is 2.31. The van der Waals surface area contributed by atoms with Crippen LogP contribution in [0.2, 0.25) is 0 Å². The summed E-state index contributed by atoms with van der Waals surface area (Å²) in [5.41, 5.74) is 0. The minimum atomic E-state index is -3.34. The van der Waals surface area contributed by atoms with Crippen LogP contribution in [0.1, 0.15) is 35.7 Å². The van der Waals surface area contributed by atoms with Crippen LogP contribution in [0.3, 0.4) is 0 Å². The van der Waals surface area contributed by atoms with Crippen LogP contribution in [0.15, 0.2) is 16.1 Å². The highest BCUT2D eigenvalue weighted by molar-refractivity contribution is 7.88. The molecule has 2 aromatic rings. The van der Waals surface area contributed by atoms with Gasteiger partial charge < -0.3 is 9.26 Å². The topological polar surface area (TPSA) is 98.4 Å². The minimum Gasteiger partial charge on any atom is -0.364 e. The molecular formula is C13H18N4O4S2. The summed E-state index contributed by atoms with van der Waals surface area (Å²) in [5, 5.41) is 6.35. The molecule has 1 aliphatic rings. The lowest BCUT2D eigenvalue weighted by Gasteiger charge is -2.22. The largest absolute Gasteiger partial charge is 0.364 e. The Bertz CT molecular complexity index is 744. The number of aryl methyl sites for hydroxylation is 1. The van der Waals surface area contributed by atoms with Crippen molar-refractivity contribution < 1.29 is 17.7 Å². The van der Waals surface area contributed by atoms with Crippen LogP contribution in [-0.4, -0.2) is 46.8 Å². The molecule has 1 aliphatic heterocycles. The van der Waals surface area contributed by atoms with Crippen LogP contribution < -0.4 is 0 Å². The summed E-state index contributed by atoms with van der Waals surface area (Å²) in [7, 11) is -3.34. The molecular weight excluding hydrogens is 340 g/mol. The third-order valence-corrected chi connectivity index (χ3v) is 5.58. The SMILES string of the molecule is Cc1noc([C@@H]2CC[C@H](CN(Cc3nccs3)S(C)(=O)=O)O2)n1. The third kappa shape index (κ3) is 4.14. The van der Waals surface area contributed by atoms with Gasteiger partial charge >= 0.3 is 0 Å². The van der Waals surface area contributed by atoms with Crippen molar-refractivity contribution >= 4 is 21.4 Å². The van der Waals surface area contributed by atoms with Gasteiger partial charge in [-0.2, -0.15) is 9.29 Å². The maximum Gasteiger partial charge on any atom is 0.255 e. The first-order valence-electron chi connectivity index (χ1n) is 7.21. The van der Waals surface area contributed by atoms with Crippen LogP contribution in [0, 0.1) is 6.92 Å². The summed E-state index contributed by atoms with van der Waals surface area (Å²) in [4.78, 5) is 8.32. The molecule has 0 aromatic carbocycles. The second-order valence-corrected chi connectivity index (χ2v) is 8.45. The molecule has 1 fully saturated rings. The number of rotatable bonds is 6. The highest BCUT2D eigenvalue weighted by Crippen LogP contribution is 2.32. The highest BCUT2D eigenvalue weighted by atomic mass is 32.2. The lowest BCUT2D eigenvalue weighted by molar-refractivity contribution is 0.0172. The summed E-state index contributed by atoms with van der Waals surface area (Å²) in [6.07, 6.45) is 3.90. The van der Waals surface area contributed by atoms with Crippen molar-refractivity contribution in [3.05, 3.63) is 28.3 Å². The van der Waals surface area contributed by atoms with E-state index in [4.69, 9.17) is 9.26 Å². The van der Waals surface area contributed by atoms with Crippen molar-refractivity contribution in [2.75, 3.05) is 12.8 Å². The zero-order valence-electron chi connectivity index (χ0n) is 12.9. The van der Waals surface area contributed by atoms with Gasteiger partial charge in [-0.25, -0.2) is 13.4 Å². The van der Waals surface area contributed by atoms with E-state index in [9.17, 15) is 8.42 Å². The third-order valence-electron chi connectivity index (χ3n) is 3.60. The van der Waals surface area contributed by atoms with E-state index < -0.39 is 10.0 Å². The van der Waals surface area contributed by atoms with Gasteiger partial charge in [-0.1, -0.05) is 5.16 Å². The van der Waals surface area contributed by atoms with Gasteiger partial charge in [0.05, 0.1) is 18.9 Å². The molecule has 2 aromatic heterocycles. The Morgan fingerprint density at radius 2 is 2.26 bits per heavy atom. The van der Waals surface area contributed by atoms with Crippen molar-refractivity contribution in [3.63, 3.8) is 0 Å². The summed E-state index contributed by atoms with van der Waals surface area (Å²) in [5.74, 6) is 1.02. The molecule has 0 N–H and O–H groups in total. The Hall–Kier alpha value is -1.36. The van der Waals surface area contributed by atoms with Crippen molar-refractivity contribution in [2.45, 2.75) is 38.5 Å². The van der Waals surface area contributed by atoms with Gasteiger partial charge in [0, 0.05) is 18.1 Å². The van der Waals surface area contributed by atoms with Crippen LogP contribution in [0.25, 0.3) is 0 Å². The minimum absolute atomic E-state index is 0.193. The number of thiazole rings is 1. The van der Waals surface area contributed by atoms with Crippen molar-refractivity contribution in [2.24, 2.45) is 0 Å². The standard InChI is InChI=1S/C13H18N4O4S2/c1-9-15-13(21-16-9)11-4-3-10(20-11)7-17(23(2,18)19)8-12-14-5-6-22-12/h5-6,10-11H,3-4,7-8H2,1-2H3/t10-,11+/m1/s1. The second kappa shape index (κ2) is 6.63. The smallest absolute Gasteiger partial charge is 0.255 e. The molecule has 0 amide bonds. The zero-order valence-corrected chi connectivity index (χ0v) is 14.5. The Morgan fingerprint density at radius 1 is 1.43 bits per heavy atom. The van der Waals surface area contributed by atoms with Crippen molar-refractivity contribution in [1.82, 2.24) is 19.4 Å². The molecule has 3 rings (SSSR count). The first kappa shape index (κ1) is 16.5.